The predicted octanol–water partition coefficient (Wildman–Crippen LogP) is 3.91. The molecule has 0 aromatic carbocycles. The van der Waals surface area contributed by atoms with Crippen LogP contribution in [-0.2, 0) is 0 Å². The van der Waals surface area contributed by atoms with Gasteiger partial charge in [0.2, 0.25) is 0 Å². The Balaban J connectivity index is 1.88. The van der Waals surface area contributed by atoms with E-state index in [2.05, 4.69) is 31.0 Å². The van der Waals surface area contributed by atoms with E-state index in [9.17, 15) is 0 Å². The van der Waals surface area contributed by atoms with Crippen LogP contribution in [0.25, 0.3) is 0 Å². The summed E-state index contributed by atoms with van der Waals surface area (Å²) in [4.78, 5) is 2.76. The molecule has 20 heavy (non-hydrogen) atoms. The Kier molecular flexibility index (Phi) is 6.35. The average Bonchev–Trinajstić information content (AvgIpc) is 2.43. The lowest BCUT2D eigenvalue weighted by Gasteiger charge is -2.44. The Labute approximate surface area is 126 Å². The molecule has 2 fully saturated rings. The summed E-state index contributed by atoms with van der Waals surface area (Å²) in [6.45, 7) is 13.5. The molecule has 2 nitrogen and oxygen atoms in total. The van der Waals surface area contributed by atoms with Crippen molar-refractivity contribution in [3.8, 4) is 0 Å². The molecule has 0 unspecified atom stereocenters. The van der Waals surface area contributed by atoms with Gasteiger partial charge in [-0.15, -0.1) is 0 Å². The molecule has 0 atom stereocenters. The lowest BCUT2D eigenvalue weighted by molar-refractivity contribution is 0.0756. The lowest BCUT2D eigenvalue weighted by atomic mass is 9.70. The first-order valence-corrected chi connectivity index (χ1v) is 9.03. The molecule has 0 aromatic heterocycles. The first-order valence-electron chi connectivity index (χ1n) is 9.03. The third-order valence-electron chi connectivity index (χ3n) is 5.40. The van der Waals surface area contributed by atoms with Crippen molar-refractivity contribution in [1.29, 1.82) is 0 Å². The number of rotatable bonds is 6. The van der Waals surface area contributed by atoms with Crippen LogP contribution in [0.1, 0.15) is 65.7 Å². The number of hydrogen-bond donors (Lipinski definition) is 1. The third-order valence-corrected chi connectivity index (χ3v) is 5.40. The first kappa shape index (κ1) is 16.3. The van der Waals surface area contributed by atoms with Gasteiger partial charge in [-0.25, -0.2) is 0 Å². The van der Waals surface area contributed by atoms with E-state index in [0.717, 1.165) is 11.8 Å². The molecule has 1 heterocycles. The highest BCUT2D eigenvalue weighted by molar-refractivity contribution is 4.90. The second kappa shape index (κ2) is 7.79. The van der Waals surface area contributed by atoms with Gasteiger partial charge in [0.15, 0.2) is 0 Å². The minimum atomic E-state index is 0.568. The molecule has 1 aliphatic heterocycles. The fourth-order valence-corrected chi connectivity index (χ4v) is 3.98. The van der Waals surface area contributed by atoms with Crippen LogP contribution in [0.5, 0.6) is 0 Å². The van der Waals surface area contributed by atoms with Gasteiger partial charge in [-0.3, -0.25) is 0 Å². The molecule has 0 amide bonds. The van der Waals surface area contributed by atoms with Crippen LogP contribution in [0.15, 0.2) is 0 Å². The molecule has 0 spiro atoms. The Bertz CT molecular complexity index is 261. The zero-order chi connectivity index (χ0) is 14.4. The second-order valence-electron chi connectivity index (χ2n) is 8.04. The van der Waals surface area contributed by atoms with E-state index < -0.39 is 0 Å². The summed E-state index contributed by atoms with van der Waals surface area (Å²) >= 11 is 0. The molecule has 0 bridgehead atoms. The van der Waals surface area contributed by atoms with Crippen LogP contribution in [0, 0.1) is 17.3 Å². The van der Waals surface area contributed by atoms with Crippen molar-refractivity contribution in [2.75, 3.05) is 32.7 Å². The number of nitrogens with zero attached hydrogens (tertiary/aromatic N) is 1. The Morgan fingerprint density at radius 3 is 2.35 bits per heavy atom. The minimum Gasteiger partial charge on any atom is -0.316 e. The van der Waals surface area contributed by atoms with Crippen molar-refractivity contribution < 1.29 is 0 Å². The smallest absolute Gasteiger partial charge is 0.00501 e. The van der Waals surface area contributed by atoms with Crippen LogP contribution >= 0.6 is 0 Å². The van der Waals surface area contributed by atoms with Gasteiger partial charge in [0.1, 0.15) is 0 Å². The largest absolute Gasteiger partial charge is 0.316 e. The average molecular weight is 280 g/mol. The quantitative estimate of drug-likeness (QED) is 0.793. The molecule has 118 valence electrons. The first-order chi connectivity index (χ1) is 9.60. The van der Waals surface area contributed by atoms with E-state index in [1.54, 1.807) is 0 Å². The van der Waals surface area contributed by atoms with Crippen molar-refractivity contribution in [3.05, 3.63) is 0 Å². The Hall–Kier alpha value is -0.0800. The fourth-order valence-electron chi connectivity index (χ4n) is 3.98. The van der Waals surface area contributed by atoms with Gasteiger partial charge in [-0.2, -0.15) is 0 Å². The highest BCUT2D eigenvalue weighted by Gasteiger charge is 2.35. The minimum absolute atomic E-state index is 0.568. The second-order valence-corrected chi connectivity index (χ2v) is 8.04. The summed E-state index contributed by atoms with van der Waals surface area (Å²) in [5, 5.41) is 3.77. The molecule has 1 N–H and O–H groups in total. The monoisotopic (exact) mass is 280 g/mol. The zero-order valence-corrected chi connectivity index (χ0v) is 14.1. The van der Waals surface area contributed by atoms with Crippen LogP contribution in [0.2, 0.25) is 0 Å². The van der Waals surface area contributed by atoms with E-state index in [4.69, 9.17) is 0 Å². The van der Waals surface area contributed by atoms with Crippen LogP contribution in [0.3, 0.4) is 0 Å². The van der Waals surface area contributed by atoms with E-state index in [1.807, 2.05) is 0 Å². The van der Waals surface area contributed by atoms with Gasteiger partial charge < -0.3 is 10.2 Å². The van der Waals surface area contributed by atoms with Gasteiger partial charge in [-0.1, -0.05) is 40.0 Å². The summed E-state index contributed by atoms with van der Waals surface area (Å²) in [5.74, 6) is 1.72. The highest BCUT2D eigenvalue weighted by Crippen LogP contribution is 2.39. The molecule has 0 radical (unpaired) electrons. The van der Waals surface area contributed by atoms with Crippen molar-refractivity contribution in [2.45, 2.75) is 65.7 Å². The van der Waals surface area contributed by atoms with Crippen molar-refractivity contribution in [3.63, 3.8) is 0 Å². The maximum Gasteiger partial charge on any atom is 0.00501 e. The number of hydrogen-bond acceptors (Lipinski definition) is 2. The molecule has 2 rings (SSSR count). The molecule has 1 saturated carbocycles. The van der Waals surface area contributed by atoms with E-state index in [0.29, 0.717) is 5.41 Å². The standard InChI is InChI=1S/C18H36N2/c1-16(2)13-19-14-18(9-7-17(3)8-10-18)15-20-11-5-4-6-12-20/h16-17,19H,4-15H2,1-3H3. The summed E-state index contributed by atoms with van der Waals surface area (Å²) in [7, 11) is 0. The molecular weight excluding hydrogens is 244 g/mol. The summed E-state index contributed by atoms with van der Waals surface area (Å²) in [5.41, 5.74) is 0.568. The molecule has 2 heteroatoms. The van der Waals surface area contributed by atoms with Crippen LogP contribution in [0.4, 0.5) is 0 Å². The van der Waals surface area contributed by atoms with Gasteiger partial charge in [0, 0.05) is 13.1 Å². The lowest BCUT2D eigenvalue weighted by Crippen LogP contribution is -2.47. The highest BCUT2D eigenvalue weighted by atomic mass is 15.1. The molecule has 0 aromatic rings. The topological polar surface area (TPSA) is 15.3 Å². The van der Waals surface area contributed by atoms with E-state index >= 15 is 0 Å². The molecule has 1 aliphatic carbocycles. The molecule has 1 saturated heterocycles. The Morgan fingerprint density at radius 2 is 1.75 bits per heavy atom. The SMILES string of the molecule is CC(C)CNCC1(CN2CCCCC2)CCC(C)CC1. The Morgan fingerprint density at radius 1 is 1.10 bits per heavy atom. The van der Waals surface area contributed by atoms with Crippen LogP contribution < -0.4 is 5.32 Å². The fraction of sp³-hybridized carbons (Fsp3) is 1.00. The van der Waals surface area contributed by atoms with Gasteiger partial charge in [0.05, 0.1) is 0 Å². The summed E-state index contributed by atoms with van der Waals surface area (Å²) in [6, 6.07) is 0. The molecular formula is C18H36N2. The summed E-state index contributed by atoms with van der Waals surface area (Å²) in [6.07, 6.45) is 10.1. The van der Waals surface area contributed by atoms with Crippen LogP contribution in [-0.4, -0.2) is 37.6 Å². The zero-order valence-electron chi connectivity index (χ0n) is 14.1. The molecule has 2 aliphatic rings. The normalized spacial score (nSPS) is 32.7. The third kappa shape index (κ3) is 5.04. The van der Waals surface area contributed by atoms with Gasteiger partial charge in [-0.05, 0) is 62.6 Å². The van der Waals surface area contributed by atoms with Crippen molar-refractivity contribution in [1.82, 2.24) is 10.2 Å². The maximum atomic E-state index is 3.77. The van der Waals surface area contributed by atoms with Crippen molar-refractivity contribution >= 4 is 0 Å². The van der Waals surface area contributed by atoms with Gasteiger partial charge in [0.25, 0.3) is 0 Å². The number of piperidine rings is 1. The summed E-state index contributed by atoms with van der Waals surface area (Å²) < 4.78 is 0. The number of likely N-dealkylation sites (tertiary alicyclic amines) is 1. The predicted molar refractivity (Wildman–Crippen MR) is 88.1 cm³/mol. The number of nitrogens with one attached hydrogen (secondary N) is 1. The van der Waals surface area contributed by atoms with E-state index in [1.165, 1.54) is 77.7 Å². The van der Waals surface area contributed by atoms with E-state index in [-0.39, 0.29) is 0 Å². The van der Waals surface area contributed by atoms with Crippen molar-refractivity contribution in [2.24, 2.45) is 17.3 Å². The van der Waals surface area contributed by atoms with Gasteiger partial charge >= 0.3 is 0 Å². The maximum absolute atomic E-state index is 3.77.